The minimum absolute atomic E-state index is 0.0964. The van der Waals surface area contributed by atoms with Gasteiger partial charge >= 0.3 is 0 Å². The number of carbonyl (C=O) groups excluding carboxylic acids is 1. The zero-order chi connectivity index (χ0) is 21.1. The Kier molecular flexibility index (Phi) is 6.13. The molecule has 6 nitrogen and oxygen atoms in total. The zero-order valence-electron chi connectivity index (χ0n) is 16.5. The monoisotopic (exact) mass is 445 g/mol. The molecule has 0 aliphatic carbocycles. The number of aromatic nitrogens is 1. The van der Waals surface area contributed by atoms with Crippen molar-refractivity contribution in [2.75, 3.05) is 19.6 Å². The van der Waals surface area contributed by atoms with E-state index in [1.165, 1.54) is 4.31 Å². The van der Waals surface area contributed by atoms with Crippen molar-refractivity contribution >= 4 is 38.4 Å². The molecule has 0 bridgehead atoms. The van der Waals surface area contributed by atoms with Crippen molar-refractivity contribution in [2.24, 2.45) is 5.92 Å². The fraction of sp³-hybridized carbons (Fsp3) is 0.318. The van der Waals surface area contributed by atoms with Crippen molar-refractivity contribution in [1.82, 2.24) is 14.6 Å². The fourth-order valence-corrected chi connectivity index (χ4v) is 5.66. The summed E-state index contributed by atoms with van der Waals surface area (Å²) in [6.45, 7) is 1.14. The normalized spacial score (nSPS) is 17.8. The van der Waals surface area contributed by atoms with Gasteiger partial charge in [0.1, 0.15) is 0 Å². The highest BCUT2D eigenvalue weighted by Crippen LogP contribution is 2.25. The van der Waals surface area contributed by atoms with Gasteiger partial charge in [0, 0.05) is 41.8 Å². The third kappa shape index (κ3) is 4.38. The first kappa shape index (κ1) is 20.9. The SMILES string of the molecule is O=C(NCCc1c[nH]c2ccc(Cl)cc12)C1CCCN(S(=O)(=O)c2ccccc2)C1. The zero-order valence-corrected chi connectivity index (χ0v) is 18.0. The molecule has 3 aromatic rings. The number of fused-ring (bicyclic) bond motifs is 1. The van der Waals surface area contributed by atoms with Gasteiger partial charge in [-0.3, -0.25) is 4.79 Å². The summed E-state index contributed by atoms with van der Waals surface area (Å²) >= 11 is 6.09. The van der Waals surface area contributed by atoms with Crippen molar-refractivity contribution in [1.29, 1.82) is 0 Å². The van der Waals surface area contributed by atoms with Gasteiger partial charge in [-0.25, -0.2) is 8.42 Å². The number of nitrogens with zero attached hydrogens (tertiary/aromatic N) is 1. The highest BCUT2D eigenvalue weighted by atomic mass is 35.5. The van der Waals surface area contributed by atoms with E-state index in [4.69, 9.17) is 11.6 Å². The summed E-state index contributed by atoms with van der Waals surface area (Å²) in [6, 6.07) is 14.1. The van der Waals surface area contributed by atoms with E-state index in [0.29, 0.717) is 37.4 Å². The highest BCUT2D eigenvalue weighted by Gasteiger charge is 2.33. The van der Waals surface area contributed by atoms with Gasteiger partial charge in [0.25, 0.3) is 0 Å². The van der Waals surface area contributed by atoms with E-state index in [0.717, 1.165) is 16.5 Å². The quantitative estimate of drug-likeness (QED) is 0.608. The number of benzene rings is 2. The second-order valence-corrected chi connectivity index (χ2v) is 9.93. The maximum atomic E-state index is 12.9. The molecule has 2 N–H and O–H groups in total. The average Bonchev–Trinajstić information content (AvgIpc) is 3.16. The lowest BCUT2D eigenvalue weighted by molar-refractivity contribution is -0.126. The van der Waals surface area contributed by atoms with Crippen molar-refractivity contribution < 1.29 is 13.2 Å². The Balaban J connectivity index is 1.36. The van der Waals surface area contributed by atoms with E-state index in [2.05, 4.69) is 10.3 Å². The molecule has 8 heteroatoms. The molecule has 2 aromatic carbocycles. The summed E-state index contributed by atoms with van der Waals surface area (Å²) in [6.07, 6.45) is 3.97. The van der Waals surface area contributed by atoms with Gasteiger partial charge in [-0.1, -0.05) is 29.8 Å². The molecule has 1 aliphatic heterocycles. The Morgan fingerprint density at radius 1 is 1.20 bits per heavy atom. The van der Waals surface area contributed by atoms with Gasteiger partial charge in [-0.15, -0.1) is 0 Å². The predicted octanol–water partition coefficient (Wildman–Crippen LogP) is 3.58. The van der Waals surface area contributed by atoms with Crippen LogP contribution in [0.15, 0.2) is 59.6 Å². The third-order valence-corrected chi connectivity index (χ3v) is 7.67. The number of amides is 1. The number of hydrogen-bond donors (Lipinski definition) is 2. The van der Waals surface area contributed by atoms with E-state index in [9.17, 15) is 13.2 Å². The second kappa shape index (κ2) is 8.79. The lowest BCUT2D eigenvalue weighted by Gasteiger charge is -2.31. The molecule has 0 saturated carbocycles. The Bertz CT molecular complexity index is 1140. The van der Waals surface area contributed by atoms with Gasteiger partial charge in [0.15, 0.2) is 0 Å². The molecule has 1 aromatic heterocycles. The standard InChI is InChI=1S/C22H24ClN3O3S/c23-18-8-9-21-20(13-18)16(14-25-21)10-11-24-22(27)17-5-4-12-26(15-17)30(28,29)19-6-2-1-3-7-19/h1-3,6-9,13-14,17,25H,4-5,10-12,15H2,(H,24,27). The Morgan fingerprint density at radius 2 is 2.00 bits per heavy atom. The Morgan fingerprint density at radius 3 is 2.80 bits per heavy atom. The number of aromatic amines is 1. The summed E-state index contributed by atoms with van der Waals surface area (Å²) in [5.41, 5.74) is 2.10. The largest absolute Gasteiger partial charge is 0.361 e. The molecule has 0 radical (unpaired) electrons. The molecule has 158 valence electrons. The van der Waals surface area contributed by atoms with Crippen LogP contribution in [0.1, 0.15) is 18.4 Å². The van der Waals surface area contributed by atoms with Gasteiger partial charge in [0.05, 0.1) is 10.8 Å². The lowest BCUT2D eigenvalue weighted by Crippen LogP contribution is -2.45. The molecule has 1 amide bonds. The summed E-state index contributed by atoms with van der Waals surface area (Å²) in [7, 11) is -3.58. The topological polar surface area (TPSA) is 82.3 Å². The molecule has 2 heterocycles. The number of halogens is 1. The van der Waals surface area contributed by atoms with Crippen molar-refractivity contribution in [2.45, 2.75) is 24.2 Å². The fourth-order valence-electron chi connectivity index (χ4n) is 3.94. The van der Waals surface area contributed by atoms with Crippen LogP contribution in [0.5, 0.6) is 0 Å². The van der Waals surface area contributed by atoms with Gasteiger partial charge < -0.3 is 10.3 Å². The van der Waals surface area contributed by atoms with E-state index in [1.807, 2.05) is 24.4 Å². The van der Waals surface area contributed by atoms with Gasteiger partial charge in [-0.2, -0.15) is 4.31 Å². The lowest BCUT2D eigenvalue weighted by atomic mass is 9.99. The van der Waals surface area contributed by atoms with Crippen molar-refractivity contribution in [3.05, 3.63) is 65.3 Å². The van der Waals surface area contributed by atoms with Crippen LogP contribution < -0.4 is 5.32 Å². The number of rotatable bonds is 6. The highest BCUT2D eigenvalue weighted by molar-refractivity contribution is 7.89. The summed E-state index contributed by atoms with van der Waals surface area (Å²) in [4.78, 5) is 16.2. The minimum atomic E-state index is -3.58. The van der Waals surface area contributed by atoms with Crippen LogP contribution >= 0.6 is 11.6 Å². The van der Waals surface area contributed by atoms with Crippen molar-refractivity contribution in [3.8, 4) is 0 Å². The van der Waals surface area contributed by atoms with E-state index < -0.39 is 10.0 Å². The molecule has 1 unspecified atom stereocenters. The maximum Gasteiger partial charge on any atom is 0.243 e. The number of hydrogen-bond acceptors (Lipinski definition) is 3. The number of carbonyl (C=O) groups is 1. The van der Waals surface area contributed by atoms with E-state index in [1.54, 1.807) is 30.3 Å². The molecular formula is C22H24ClN3O3S. The van der Waals surface area contributed by atoms with Crippen LogP contribution in [0.2, 0.25) is 5.02 Å². The third-order valence-electron chi connectivity index (χ3n) is 5.56. The summed E-state index contributed by atoms with van der Waals surface area (Å²) in [5.74, 6) is -0.435. The summed E-state index contributed by atoms with van der Waals surface area (Å²) in [5, 5.41) is 4.70. The summed E-state index contributed by atoms with van der Waals surface area (Å²) < 4.78 is 27.1. The molecule has 1 saturated heterocycles. The molecule has 0 spiro atoms. The first-order valence-corrected chi connectivity index (χ1v) is 11.9. The number of nitrogens with one attached hydrogen (secondary N) is 2. The minimum Gasteiger partial charge on any atom is -0.361 e. The van der Waals surface area contributed by atoms with Gasteiger partial charge in [-0.05, 0) is 55.2 Å². The first-order valence-electron chi connectivity index (χ1n) is 10.0. The predicted molar refractivity (Wildman–Crippen MR) is 118 cm³/mol. The number of piperidine rings is 1. The van der Waals surface area contributed by atoms with Crippen LogP contribution in [0.25, 0.3) is 10.9 Å². The Hall–Kier alpha value is -2.35. The van der Waals surface area contributed by atoms with Crippen LogP contribution in [0.3, 0.4) is 0 Å². The van der Waals surface area contributed by atoms with E-state index in [-0.39, 0.29) is 23.3 Å². The number of H-pyrrole nitrogens is 1. The van der Waals surface area contributed by atoms with Crippen LogP contribution in [0.4, 0.5) is 0 Å². The molecule has 1 fully saturated rings. The van der Waals surface area contributed by atoms with Crippen LogP contribution in [-0.2, 0) is 21.2 Å². The first-order chi connectivity index (χ1) is 14.4. The van der Waals surface area contributed by atoms with Crippen LogP contribution in [-0.4, -0.2) is 43.2 Å². The average molecular weight is 446 g/mol. The van der Waals surface area contributed by atoms with Crippen LogP contribution in [0, 0.1) is 5.92 Å². The molecular weight excluding hydrogens is 422 g/mol. The smallest absolute Gasteiger partial charge is 0.243 e. The number of sulfonamides is 1. The van der Waals surface area contributed by atoms with Gasteiger partial charge in [0.2, 0.25) is 15.9 Å². The molecule has 30 heavy (non-hydrogen) atoms. The molecule has 1 aliphatic rings. The van der Waals surface area contributed by atoms with Crippen molar-refractivity contribution in [3.63, 3.8) is 0 Å². The molecule has 4 rings (SSSR count). The Labute approximate surface area is 181 Å². The maximum absolute atomic E-state index is 12.9. The van der Waals surface area contributed by atoms with E-state index >= 15 is 0 Å². The second-order valence-electron chi connectivity index (χ2n) is 7.56. The molecule has 1 atom stereocenters.